The second kappa shape index (κ2) is 3.25. The molecule has 1 aromatic rings. The average molecular weight is 198 g/mol. The third kappa shape index (κ3) is 1.53. The van der Waals surface area contributed by atoms with Crippen LogP contribution in [0.15, 0.2) is 23.2 Å². The van der Waals surface area contributed by atoms with Crippen LogP contribution < -0.4 is 5.73 Å². The number of ether oxygens (including phenoxy) is 1. The van der Waals surface area contributed by atoms with E-state index in [1.165, 1.54) is 12.1 Å². The van der Waals surface area contributed by atoms with Gasteiger partial charge in [0.25, 0.3) is 6.02 Å². The van der Waals surface area contributed by atoms with Gasteiger partial charge in [-0.15, -0.1) is 0 Å². The molecule has 3 nitrogen and oxygen atoms in total. The van der Waals surface area contributed by atoms with Gasteiger partial charge in [0.05, 0.1) is 0 Å². The van der Waals surface area contributed by atoms with Gasteiger partial charge in [-0.05, 0) is 6.07 Å². The van der Waals surface area contributed by atoms with E-state index in [1.54, 1.807) is 0 Å². The van der Waals surface area contributed by atoms with E-state index in [1.807, 2.05) is 0 Å². The summed E-state index contributed by atoms with van der Waals surface area (Å²) in [5.41, 5.74) is 5.57. The summed E-state index contributed by atoms with van der Waals surface area (Å²) < 4.78 is 30.7. The van der Waals surface area contributed by atoms with Crippen LogP contribution in [0.25, 0.3) is 0 Å². The number of aliphatic imine (C=N–C) groups is 1. The molecule has 0 amide bonds. The molecule has 0 aromatic heterocycles. The lowest BCUT2D eigenvalue weighted by Gasteiger charge is -2.05. The molecule has 0 saturated carbocycles. The molecule has 1 aliphatic heterocycles. The van der Waals surface area contributed by atoms with Crippen molar-refractivity contribution in [1.29, 1.82) is 0 Å². The van der Waals surface area contributed by atoms with Gasteiger partial charge in [0.1, 0.15) is 24.3 Å². The van der Waals surface area contributed by atoms with Crippen molar-refractivity contribution in [2.75, 3.05) is 6.61 Å². The van der Waals surface area contributed by atoms with Crippen LogP contribution in [0.5, 0.6) is 0 Å². The minimum absolute atomic E-state index is 0.0405. The molecule has 1 atom stereocenters. The van der Waals surface area contributed by atoms with Crippen molar-refractivity contribution in [3.8, 4) is 0 Å². The van der Waals surface area contributed by atoms with Crippen LogP contribution in [0.4, 0.5) is 8.78 Å². The van der Waals surface area contributed by atoms with Crippen LogP contribution in [0, 0.1) is 11.6 Å². The molecule has 2 N–H and O–H groups in total. The molecule has 2 rings (SSSR count). The van der Waals surface area contributed by atoms with Crippen molar-refractivity contribution in [2.24, 2.45) is 10.7 Å². The molecule has 0 bridgehead atoms. The van der Waals surface area contributed by atoms with Crippen molar-refractivity contribution < 1.29 is 13.5 Å². The highest BCUT2D eigenvalue weighted by Gasteiger charge is 2.21. The van der Waals surface area contributed by atoms with Gasteiger partial charge in [0.2, 0.25) is 0 Å². The Morgan fingerprint density at radius 1 is 1.43 bits per heavy atom. The second-order valence-corrected chi connectivity index (χ2v) is 2.96. The third-order valence-corrected chi connectivity index (χ3v) is 1.99. The zero-order chi connectivity index (χ0) is 10.1. The molecule has 0 fully saturated rings. The Kier molecular flexibility index (Phi) is 2.07. The number of rotatable bonds is 1. The first-order valence-corrected chi connectivity index (χ1v) is 4.08. The first-order chi connectivity index (χ1) is 6.66. The van der Waals surface area contributed by atoms with E-state index in [2.05, 4.69) is 4.99 Å². The van der Waals surface area contributed by atoms with Gasteiger partial charge in [0.15, 0.2) is 0 Å². The normalized spacial score (nSPS) is 20.4. The largest absolute Gasteiger partial charge is 0.463 e. The summed E-state index contributed by atoms with van der Waals surface area (Å²) in [6.45, 7) is 0.203. The Hall–Kier alpha value is -1.65. The quantitative estimate of drug-likeness (QED) is 0.740. The Balaban J connectivity index is 2.33. The Morgan fingerprint density at radius 2 is 2.21 bits per heavy atom. The monoisotopic (exact) mass is 198 g/mol. The number of halogens is 2. The van der Waals surface area contributed by atoms with Crippen LogP contribution in [-0.4, -0.2) is 12.6 Å². The molecule has 0 radical (unpaired) electrons. The van der Waals surface area contributed by atoms with Crippen molar-refractivity contribution >= 4 is 6.02 Å². The fourth-order valence-corrected chi connectivity index (χ4v) is 1.32. The van der Waals surface area contributed by atoms with E-state index in [4.69, 9.17) is 10.5 Å². The summed E-state index contributed by atoms with van der Waals surface area (Å²) in [5.74, 6) is -1.24. The van der Waals surface area contributed by atoms with Crippen molar-refractivity contribution in [2.45, 2.75) is 6.04 Å². The summed E-state index contributed by atoms with van der Waals surface area (Å²) >= 11 is 0. The summed E-state index contributed by atoms with van der Waals surface area (Å²) in [4.78, 5) is 3.86. The molecule has 1 aromatic carbocycles. The number of hydrogen-bond donors (Lipinski definition) is 1. The molecule has 74 valence electrons. The summed E-state index contributed by atoms with van der Waals surface area (Å²) in [5, 5.41) is 0. The van der Waals surface area contributed by atoms with Crippen LogP contribution in [0.3, 0.4) is 0 Å². The summed E-state index contributed by atoms with van der Waals surface area (Å²) in [6, 6.07) is 2.93. The van der Waals surface area contributed by atoms with Gasteiger partial charge in [0, 0.05) is 11.6 Å². The molecule has 0 saturated heterocycles. The number of amidine groups is 1. The van der Waals surface area contributed by atoms with E-state index < -0.39 is 17.7 Å². The molecule has 0 spiro atoms. The van der Waals surface area contributed by atoms with Gasteiger partial charge in [-0.3, -0.25) is 0 Å². The zero-order valence-electron chi connectivity index (χ0n) is 7.21. The first-order valence-electron chi connectivity index (χ1n) is 4.08. The van der Waals surface area contributed by atoms with Crippen molar-refractivity contribution in [1.82, 2.24) is 0 Å². The predicted molar refractivity (Wildman–Crippen MR) is 46.7 cm³/mol. The predicted octanol–water partition coefficient (Wildman–Crippen LogP) is 1.35. The number of hydrogen-bond acceptors (Lipinski definition) is 3. The Labute approximate surface area is 79.2 Å². The minimum atomic E-state index is -0.628. The van der Waals surface area contributed by atoms with Crippen molar-refractivity contribution in [3.63, 3.8) is 0 Å². The van der Waals surface area contributed by atoms with E-state index in [-0.39, 0.29) is 12.6 Å². The molecule has 1 heterocycles. The molecule has 0 aliphatic carbocycles. The molecule has 14 heavy (non-hydrogen) atoms. The minimum Gasteiger partial charge on any atom is -0.463 e. The summed E-state index contributed by atoms with van der Waals surface area (Å²) in [7, 11) is 0. The van der Waals surface area contributed by atoms with E-state index in [9.17, 15) is 8.78 Å². The molecule has 1 aliphatic rings. The molecule has 5 heteroatoms. The number of benzene rings is 1. The summed E-state index contributed by atoms with van der Waals surface area (Å²) in [6.07, 6.45) is 0. The van der Waals surface area contributed by atoms with Gasteiger partial charge >= 0.3 is 0 Å². The number of nitrogens with zero attached hydrogens (tertiary/aromatic N) is 1. The maximum Gasteiger partial charge on any atom is 0.282 e. The lowest BCUT2D eigenvalue weighted by Crippen LogP contribution is -2.10. The highest BCUT2D eigenvalue weighted by molar-refractivity contribution is 5.73. The standard InChI is InChI=1S/C9H8F2N2O/c10-5-1-2-6(7(11)3-5)8-4-14-9(12)13-8/h1-3,8H,4H2,(H2,12,13)/t8-/m1/s1. The van der Waals surface area contributed by atoms with Crippen LogP contribution in [-0.2, 0) is 4.74 Å². The third-order valence-electron chi connectivity index (χ3n) is 1.99. The van der Waals surface area contributed by atoms with Gasteiger partial charge in [-0.25, -0.2) is 13.8 Å². The lowest BCUT2D eigenvalue weighted by molar-refractivity contribution is 0.312. The maximum absolute atomic E-state index is 13.2. The first kappa shape index (κ1) is 8.93. The van der Waals surface area contributed by atoms with Crippen LogP contribution in [0.2, 0.25) is 0 Å². The van der Waals surface area contributed by atoms with Crippen LogP contribution in [0.1, 0.15) is 11.6 Å². The van der Waals surface area contributed by atoms with E-state index in [0.717, 1.165) is 6.07 Å². The lowest BCUT2D eigenvalue weighted by atomic mass is 10.1. The molecular weight excluding hydrogens is 190 g/mol. The Bertz CT molecular complexity index is 392. The topological polar surface area (TPSA) is 47.6 Å². The molecular formula is C9H8F2N2O. The van der Waals surface area contributed by atoms with Crippen LogP contribution >= 0.6 is 0 Å². The fraction of sp³-hybridized carbons (Fsp3) is 0.222. The SMILES string of the molecule is NC1=N[C@@H](c2ccc(F)cc2F)CO1. The highest BCUT2D eigenvalue weighted by atomic mass is 19.1. The Morgan fingerprint density at radius 3 is 2.79 bits per heavy atom. The number of nitrogens with two attached hydrogens (primary N) is 1. The maximum atomic E-state index is 13.2. The van der Waals surface area contributed by atoms with Gasteiger partial charge in [-0.1, -0.05) is 6.07 Å². The highest BCUT2D eigenvalue weighted by Crippen LogP contribution is 2.24. The zero-order valence-corrected chi connectivity index (χ0v) is 7.21. The molecule has 0 unspecified atom stereocenters. The van der Waals surface area contributed by atoms with Gasteiger partial charge < -0.3 is 10.5 Å². The van der Waals surface area contributed by atoms with E-state index >= 15 is 0 Å². The smallest absolute Gasteiger partial charge is 0.282 e. The second-order valence-electron chi connectivity index (χ2n) is 2.96. The fourth-order valence-electron chi connectivity index (χ4n) is 1.32. The van der Waals surface area contributed by atoms with E-state index in [0.29, 0.717) is 5.56 Å². The average Bonchev–Trinajstić information content (AvgIpc) is 2.51. The van der Waals surface area contributed by atoms with Gasteiger partial charge in [-0.2, -0.15) is 0 Å². The van der Waals surface area contributed by atoms with Crippen molar-refractivity contribution in [3.05, 3.63) is 35.4 Å².